The Morgan fingerprint density at radius 1 is 1.27 bits per heavy atom. The van der Waals surface area contributed by atoms with Gasteiger partial charge in [-0.05, 0) is 36.4 Å². The molecule has 144 valence electrons. The van der Waals surface area contributed by atoms with Crippen molar-refractivity contribution < 1.29 is 14.6 Å². The van der Waals surface area contributed by atoms with Crippen molar-refractivity contribution in [3.8, 4) is 5.75 Å². The van der Waals surface area contributed by atoms with E-state index in [1.54, 1.807) is 6.07 Å². The Labute approximate surface area is 166 Å². The van der Waals surface area contributed by atoms with Crippen LogP contribution in [0.2, 0.25) is 0 Å². The molecule has 0 saturated heterocycles. The lowest BCUT2D eigenvalue weighted by atomic mass is 10.1. The number of carbonyl (C=O) groups excluding carboxylic acids is 1. The highest BCUT2D eigenvalue weighted by molar-refractivity contribution is 7.12. The van der Waals surface area contributed by atoms with Crippen molar-refractivity contribution in [2.45, 2.75) is 38.7 Å². The van der Waals surface area contributed by atoms with E-state index in [0.717, 1.165) is 31.4 Å². The number of aliphatic hydroxyl groups excluding tert-OH is 1. The molecule has 0 bridgehead atoms. The summed E-state index contributed by atoms with van der Waals surface area (Å²) in [6.45, 7) is 3.72. The van der Waals surface area contributed by atoms with Crippen LogP contribution in [0.1, 0.15) is 41.4 Å². The van der Waals surface area contributed by atoms with E-state index in [1.807, 2.05) is 35.7 Å². The molecule has 1 unspecified atom stereocenters. The number of ether oxygens (including phenoxy) is 1. The predicted octanol–water partition coefficient (Wildman–Crippen LogP) is 4.11. The summed E-state index contributed by atoms with van der Waals surface area (Å²) in [7, 11) is 0. The molecule has 2 rings (SSSR count). The first-order valence-electron chi connectivity index (χ1n) is 8.87. The molecule has 1 atom stereocenters. The molecule has 6 heteroatoms. The van der Waals surface area contributed by atoms with Crippen molar-refractivity contribution >= 4 is 29.5 Å². The van der Waals surface area contributed by atoms with E-state index in [4.69, 9.17) is 4.74 Å². The molecule has 2 N–H and O–H groups in total. The number of aliphatic hydroxyl groups is 1. The van der Waals surface area contributed by atoms with Gasteiger partial charge in [0.05, 0.1) is 0 Å². The molecule has 0 fully saturated rings. The van der Waals surface area contributed by atoms with Crippen LogP contribution in [0.5, 0.6) is 5.75 Å². The van der Waals surface area contributed by atoms with Gasteiger partial charge in [-0.25, -0.2) is 0 Å². The molecule has 26 heavy (non-hydrogen) atoms. The minimum atomic E-state index is -0.580. The lowest BCUT2D eigenvalue weighted by Gasteiger charge is -2.13. The molecular weight excluding hydrogens is 370 g/mol. The van der Waals surface area contributed by atoms with Crippen LogP contribution in [0.25, 0.3) is 0 Å². The molecule has 4 nitrogen and oxygen atoms in total. The van der Waals surface area contributed by atoms with Crippen LogP contribution in [-0.2, 0) is 6.42 Å². The summed E-state index contributed by atoms with van der Waals surface area (Å²) >= 11 is 1.40. The highest BCUT2D eigenvalue weighted by atomic mass is 35.5. The summed E-state index contributed by atoms with van der Waals surface area (Å²) in [5, 5.41) is 15.0. The highest BCUT2D eigenvalue weighted by Gasteiger charge is 2.15. The first-order valence-corrected chi connectivity index (χ1v) is 9.75. The number of halogens is 1. The molecule has 2 aromatic rings. The number of benzene rings is 1. The lowest BCUT2D eigenvalue weighted by Crippen LogP contribution is -2.32. The zero-order chi connectivity index (χ0) is 17.9. The summed E-state index contributed by atoms with van der Waals surface area (Å²) < 4.78 is 5.67. The van der Waals surface area contributed by atoms with Gasteiger partial charge in [-0.1, -0.05) is 43.7 Å². The standard InChI is InChI=1S/C20H27NO3S.ClH/c1-2-3-12-21-14-17(22)15-24-19-11-13-25-20(19)18(23)10-9-16-7-5-4-6-8-16;/h4-8,11,13,17,21-22H,2-3,9-10,12,14-15H2,1H3;1H. The Balaban J connectivity index is 0.00000338. The van der Waals surface area contributed by atoms with Crippen LogP contribution in [-0.4, -0.2) is 36.7 Å². The Bertz CT molecular complexity index is 633. The second kappa shape index (κ2) is 12.9. The van der Waals surface area contributed by atoms with Gasteiger partial charge < -0.3 is 15.2 Å². The SMILES string of the molecule is CCCCNCC(O)COc1ccsc1C(=O)CCc1ccccc1.Cl. The molecular formula is C20H28ClNO3S. The van der Waals surface area contributed by atoms with Gasteiger partial charge in [-0.3, -0.25) is 4.79 Å². The second-order valence-electron chi connectivity index (χ2n) is 6.05. The number of hydrogen-bond acceptors (Lipinski definition) is 5. The average molecular weight is 398 g/mol. The predicted molar refractivity (Wildman–Crippen MR) is 110 cm³/mol. The Kier molecular flexibility index (Phi) is 11.2. The maximum Gasteiger partial charge on any atom is 0.176 e. The van der Waals surface area contributed by atoms with E-state index in [2.05, 4.69) is 12.2 Å². The van der Waals surface area contributed by atoms with Crippen molar-refractivity contribution in [2.75, 3.05) is 19.7 Å². The number of hydrogen-bond donors (Lipinski definition) is 2. The van der Waals surface area contributed by atoms with Gasteiger partial charge in [-0.15, -0.1) is 23.7 Å². The Hall–Kier alpha value is -1.40. The number of unbranched alkanes of at least 4 members (excludes halogenated alkanes) is 1. The van der Waals surface area contributed by atoms with Crippen molar-refractivity contribution in [1.29, 1.82) is 0 Å². The number of nitrogens with one attached hydrogen (secondary N) is 1. The van der Waals surface area contributed by atoms with Crippen molar-refractivity contribution in [1.82, 2.24) is 5.32 Å². The van der Waals surface area contributed by atoms with E-state index in [1.165, 1.54) is 11.3 Å². The monoisotopic (exact) mass is 397 g/mol. The van der Waals surface area contributed by atoms with E-state index in [-0.39, 0.29) is 24.8 Å². The molecule has 1 aromatic carbocycles. The Morgan fingerprint density at radius 2 is 2.04 bits per heavy atom. The summed E-state index contributed by atoms with van der Waals surface area (Å²) in [5.41, 5.74) is 1.16. The molecule has 0 spiro atoms. The van der Waals surface area contributed by atoms with Gasteiger partial charge in [0.25, 0.3) is 0 Å². The number of rotatable bonds is 12. The maximum absolute atomic E-state index is 12.4. The first-order chi connectivity index (χ1) is 12.2. The van der Waals surface area contributed by atoms with E-state index in [0.29, 0.717) is 23.6 Å². The maximum atomic E-state index is 12.4. The van der Waals surface area contributed by atoms with Crippen LogP contribution in [0.15, 0.2) is 41.8 Å². The normalized spacial score (nSPS) is 11.6. The largest absolute Gasteiger partial charge is 0.489 e. The van der Waals surface area contributed by atoms with Crippen LogP contribution >= 0.6 is 23.7 Å². The van der Waals surface area contributed by atoms with Crippen molar-refractivity contribution in [3.05, 3.63) is 52.2 Å². The summed E-state index contributed by atoms with van der Waals surface area (Å²) in [6.07, 6.45) is 2.83. The number of thiophene rings is 1. The minimum Gasteiger partial charge on any atom is -0.489 e. The second-order valence-corrected chi connectivity index (χ2v) is 6.96. The third kappa shape index (κ3) is 7.87. The van der Waals surface area contributed by atoms with Crippen molar-refractivity contribution in [3.63, 3.8) is 0 Å². The van der Waals surface area contributed by atoms with Crippen LogP contribution < -0.4 is 10.1 Å². The smallest absolute Gasteiger partial charge is 0.176 e. The van der Waals surface area contributed by atoms with E-state index >= 15 is 0 Å². The average Bonchev–Trinajstić information content (AvgIpc) is 3.11. The van der Waals surface area contributed by atoms with Crippen LogP contribution in [0, 0.1) is 0 Å². The fourth-order valence-electron chi connectivity index (χ4n) is 2.45. The van der Waals surface area contributed by atoms with Crippen LogP contribution in [0.3, 0.4) is 0 Å². The third-order valence-electron chi connectivity index (χ3n) is 3.88. The molecule has 0 amide bonds. The Morgan fingerprint density at radius 3 is 2.77 bits per heavy atom. The van der Waals surface area contributed by atoms with Gasteiger partial charge in [0.15, 0.2) is 5.78 Å². The lowest BCUT2D eigenvalue weighted by molar-refractivity contribution is 0.0956. The van der Waals surface area contributed by atoms with Gasteiger partial charge in [0.2, 0.25) is 0 Å². The number of aryl methyl sites for hydroxylation is 1. The third-order valence-corrected chi connectivity index (χ3v) is 4.82. The molecule has 0 saturated carbocycles. The molecule has 0 aliphatic rings. The highest BCUT2D eigenvalue weighted by Crippen LogP contribution is 2.27. The molecule has 0 radical (unpaired) electrons. The van der Waals surface area contributed by atoms with E-state index in [9.17, 15) is 9.90 Å². The molecule has 0 aliphatic carbocycles. The molecule has 1 heterocycles. The fourth-order valence-corrected chi connectivity index (χ4v) is 3.25. The zero-order valence-electron chi connectivity index (χ0n) is 15.1. The van der Waals surface area contributed by atoms with Crippen molar-refractivity contribution in [2.24, 2.45) is 0 Å². The number of carbonyl (C=O) groups is 1. The van der Waals surface area contributed by atoms with Gasteiger partial charge in [0.1, 0.15) is 23.3 Å². The summed E-state index contributed by atoms with van der Waals surface area (Å²) in [6, 6.07) is 11.8. The van der Waals surface area contributed by atoms with Gasteiger partial charge in [-0.2, -0.15) is 0 Å². The van der Waals surface area contributed by atoms with E-state index < -0.39 is 6.10 Å². The van der Waals surface area contributed by atoms with Gasteiger partial charge >= 0.3 is 0 Å². The molecule has 0 aliphatic heterocycles. The quantitative estimate of drug-likeness (QED) is 0.418. The summed E-state index contributed by atoms with van der Waals surface area (Å²) in [4.78, 5) is 13.1. The number of Topliss-reactive ketones (excluding diaryl/α,β-unsaturated/α-hetero) is 1. The fraction of sp³-hybridized carbons (Fsp3) is 0.450. The van der Waals surface area contributed by atoms with Gasteiger partial charge in [0, 0.05) is 13.0 Å². The van der Waals surface area contributed by atoms with Crippen LogP contribution in [0.4, 0.5) is 0 Å². The first kappa shape index (κ1) is 22.6. The topological polar surface area (TPSA) is 58.6 Å². The zero-order valence-corrected chi connectivity index (χ0v) is 16.8. The summed E-state index contributed by atoms with van der Waals surface area (Å²) in [5.74, 6) is 0.667. The molecule has 1 aromatic heterocycles. The number of ketones is 1. The minimum absolute atomic E-state index is 0.